The van der Waals surface area contributed by atoms with Gasteiger partial charge in [0.15, 0.2) is 17.5 Å². The summed E-state index contributed by atoms with van der Waals surface area (Å²) < 4.78 is 4.82. The maximum Gasteiger partial charge on any atom is 0.167 e. The molecular formula is C56H35N5S. The molecule has 0 atom stereocenters. The molecule has 0 saturated heterocycles. The van der Waals surface area contributed by atoms with Gasteiger partial charge in [-0.05, 0) is 58.1 Å². The Kier molecular flexibility index (Phi) is 8.61. The molecule has 0 aliphatic heterocycles. The van der Waals surface area contributed by atoms with Crippen molar-refractivity contribution in [1.29, 1.82) is 0 Å². The molecule has 290 valence electrons. The van der Waals surface area contributed by atoms with Crippen molar-refractivity contribution in [2.45, 2.75) is 0 Å². The molecule has 62 heavy (non-hydrogen) atoms. The highest BCUT2D eigenvalue weighted by Gasteiger charge is 2.24. The monoisotopic (exact) mass is 809 g/mol. The van der Waals surface area contributed by atoms with Crippen molar-refractivity contribution in [3.05, 3.63) is 212 Å². The van der Waals surface area contributed by atoms with E-state index in [1.54, 1.807) is 0 Å². The number of pyridine rings is 1. The average molecular weight is 810 g/mol. The maximum atomic E-state index is 5.55. The van der Waals surface area contributed by atoms with Crippen LogP contribution in [0, 0.1) is 0 Å². The van der Waals surface area contributed by atoms with Gasteiger partial charge < -0.3 is 0 Å². The summed E-state index contributed by atoms with van der Waals surface area (Å²) in [6.07, 6.45) is 2.03. The summed E-state index contributed by atoms with van der Waals surface area (Å²) in [6.45, 7) is 0. The van der Waals surface area contributed by atoms with E-state index in [1.165, 1.54) is 25.6 Å². The Hall–Kier alpha value is -8.06. The molecule has 0 amide bonds. The Labute approximate surface area is 361 Å². The van der Waals surface area contributed by atoms with E-state index in [0.29, 0.717) is 17.5 Å². The summed E-state index contributed by atoms with van der Waals surface area (Å²) in [5.74, 6) is 2.47. The van der Waals surface area contributed by atoms with Crippen LogP contribution < -0.4 is 0 Å². The maximum absolute atomic E-state index is 5.55. The van der Waals surface area contributed by atoms with Crippen molar-refractivity contribution in [2.75, 3.05) is 0 Å². The van der Waals surface area contributed by atoms with Gasteiger partial charge in [0.05, 0.1) is 16.6 Å². The van der Waals surface area contributed by atoms with Crippen LogP contribution >= 0.6 is 11.3 Å². The van der Waals surface area contributed by atoms with Crippen molar-refractivity contribution in [3.63, 3.8) is 0 Å². The number of rotatable bonds is 7. The molecule has 8 aromatic carbocycles. The van der Waals surface area contributed by atoms with Crippen LogP contribution in [0.15, 0.2) is 212 Å². The molecule has 0 radical (unpaired) electrons. The summed E-state index contributed by atoms with van der Waals surface area (Å²) >= 11 is 1.82. The van der Waals surface area contributed by atoms with Crippen LogP contribution in [-0.4, -0.2) is 24.5 Å². The number of fused-ring (bicyclic) bond motifs is 7. The fourth-order valence-electron chi connectivity index (χ4n) is 8.82. The summed E-state index contributed by atoms with van der Waals surface area (Å²) in [5.41, 5.74) is 11.3. The van der Waals surface area contributed by atoms with Crippen LogP contribution in [0.2, 0.25) is 0 Å². The Morgan fingerprint density at radius 2 is 0.919 bits per heavy atom. The van der Waals surface area contributed by atoms with Gasteiger partial charge in [0.1, 0.15) is 5.82 Å². The quantitative estimate of drug-likeness (QED) is 0.161. The fourth-order valence-corrected chi connectivity index (χ4v) is 9.93. The number of hydrogen-bond donors (Lipinski definition) is 0. The first-order valence-corrected chi connectivity index (χ1v) is 21.5. The minimum atomic E-state index is 0.538. The largest absolute Gasteiger partial charge is 0.292 e. The van der Waals surface area contributed by atoms with Crippen molar-refractivity contribution < 1.29 is 0 Å². The third kappa shape index (κ3) is 6.08. The molecule has 5 nitrogen and oxygen atoms in total. The van der Waals surface area contributed by atoms with Crippen LogP contribution in [-0.2, 0) is 0 Å². The normalized spacial score (nSPS) is 11.5. The molecule has 0 unspecified atom stereocenters. The molecule has 0 aliphatic rings. The Morgan fingerprint density at radius 3 is 1.61 bits per heavy atom. The van der Waals surface area contributed by atoms with Crippen molar-refractivity contribution >= 4 is 53.3 Å². The highest BCUT2D eigenvalue weighted by Crippen LogP contribution is 2.45. The molecule has 12 aromatic rings. The van der Waals surface area contributed by atoms with Gasteiger partial charge in [0, 0.05) is 53.8 Å². The zero-order valence-corrected chi connectivity index (χ0v) is 34.2. The molecule has 0 fully saturated rings. The SMILES string of the molecule is c1ccc(-c2ccc(-c3ccccc3)c(-c3cnc(-n4c5ccccc5c5ccc6sc7ccccc7c6c54)c(-c4nc(-c5ccccc5)nc(-c5ccccc5)n4)c3)c2)cc1. The van der Waals surface area contributed by atoms with E-state index in [-0.39, 0.29) is 0 Å². The van der Waals surface area contributed by atoms with Gasteiger partial charge in [-0.2, -0.15) is 0 Å². The lowest BCUT2D eigenvalue weighted by atomic mass is 9.91. The molecule has 12 rings (SSSR count). The van der Waals surface area contributed by atoms with Crippen LogP contribution in [0.5, 0.6) is 0 Å². The van der Waals surface area contributed by atoms with Gasteiger partial charge in [0.2, 0.25) is 0 Å². The average Bonchev–Trinajstić information content (AvgIpc) is 3.90. The van der Waals surface area contributed by atoms with E-state index in [4.69, 9.17) is 19.9 Å². The molecule has 6 heteroatoms. The molecule has 0 spiro atoms. The van der Waals surface area contributed by atoms with Crippen molar-refractivity contribution in [1.82, 2.24) is 24.5 Å². The topological polar surface area (TPSA) is 56.5 Å². The first kappa shape index (κ1) is 35.8. The van der Waals surface area contributed by atoms with Crippen LogP contribution in [0.3, 0.4) is 0 Å². The van der Waals surface area contributed by atoms with Gasteiger partial charge in [-0.3, -0.25) is 4.57 Å². The van der Waals surface area contributed by atoms with Crippen molar-refractivity contribution in [2.24, 2.45) is 0 Å². The number of nitrogens with zero attached hydrogens (tertiary/aromatic N) is 5. The molecule has 0 N–H and O–H groups in total. The van der Waals surface area contributed by atoms with Gasteiger partial charge in [-0.25, -0.2) is 19.9 Å². The molecule has 4 aromatic heterocycles. The fraction of sp³-hybridized carbons (Fsp3) is 0. The second kappa shape index (κ2) is 14.9. The predicted octanol–water partition coefficient (Wildman–Crippen LogP) is 14.7. The second-order valence-electron chi connectivity index (χ2n) is 15.4. The molecule has 0 saturated carbocycles. The van der Waals surface area contributed by atoms with E-state index in [0.717, 1.165) is 72.3 Å². The number of para-hydroxylation sites is 1. The zero-order chi connectivity index (χ0) is 41.0. The van der Waals surface area contributed by atoms with Crippen LogP contribution in [0.4, 0.5) is 0 Å². The van der Waals surface area contributed by atoms with Crippen LogP contribution in [0.25, 0.3) is 115 Å². The Balaban J connectivity index is 1.21. The summed E-state index contributed by atoms with van der Waals surface area (Å²) in [7, 11) is 0. The van der Waals surface area contributed by atoms with Gasteiger partial charge in [0.25, 0.3) is 0 Å². The van der Waals surface area contributed by atoms with Gasteiger partial charge in [-0.1, -0.05) is 176 Å². The molecule has 4 heterocycles. The molecule has 0 bridgehead atoms. The first-order valence-electron chi connectivity index (χ1n) is 20.7. The van der Waals surface area contributed by atoms with Crippen LogP contribution in [0.1, 0.15) is 0 Å². The van der Waals surface area contributed by atoms with Crippen molar-refractivity contribution in [3.8, 4) is 73.4 Å². The highest BCUT2D eigenvalue weighted by atomic mass is 32.1. The standard InChI is InChI=1S/C56H35N5S/c1-5-17-36(18-6-1)40-29-30-42(37-19-7-2-8-20-37)46(33-40)41-34-47(55-59-53(38-21-9-3-10-22-38)58-54(60-55)39-23-11-4-12-24-39)56(57-35-41)61-48-27-15-13-25-43(48)44-31-32-50-51(52(44)61)45-26-14-16-28-49(45)62-50/h1-35H. The van der Waals surface area contributed by atoms with Gasteiger partial charge >= 0.3 is 0 Å². The summed E-state index contributed by atoms with van der Waals surface area (Å²) in [5, 5.41) is 4.76. The van der Waals surface area contributed by atoms with Gasteiger partial charge in [-0.15, -0.1) is 11.3 Å². The Bertz CT molecular complexity index is 3560. The van der Waals surface area contributed by atoms with E-state index in [1.807, 2.05) is 53.9 Å². The predicted molar refractivity (Wildman–Crippen MR) is 257 cm³/mol. The lowest BCUT2D eigenvalue weighted by molar-refractivity contribution is 1.04. The zero-order valence-electron chi connectivity index (χ0n) is 33.4. The van der Waals surface area contributed by atoms with E-state index in [9.17, 15) is 0 Å². The van der Waals surface area contributed by atoms with E-state index < -0.39 is 0 Å². The Morgan fingerprint density at radius 1 is 0.355 bits per heavy atom. The highest BCUT2D eigenvalue weighted by molar-refractivity contribution is 7.26. The number of hydrogen-bond acceptors (Lipinski definition) is 5. The number of benzene rings is 8. The lowest BCUT2D eigenvalue weighted by Crippen LogP contribution is -2.06. The lowest BCUT2D eigenvalue weighted by Gasteiger charge is -2.17. The minimum Gasteiger partial charge on any atom is -0.292 e. The summed E-state index contributed by atoms with van der Waals surface area (Å²) in [4.78, 5) is 21.3. The first-order chi connectivity index (χ1) is 30.7. The number of thiophene rings is 1. The smallest absolute Gasteiger partial charge is 0.167 e. The third-order valence-electron chi connectivity index (χ3n) is 11.7. The number of aromatic nitrogens is 5. The second-order valence-corrected chi connectivity index (χ2v) is 16.5. The third-order valence-corrected chi connectivity index (χ3v) is 12.9. The summed E-state index contributed by atoms with van der Waals surface area (Å²) in [6, 6.07) is 72.3. The van der Waals surface area contributed by atoms with E-state index >= 15 is 0 Å². The minimum absolute atomic E-state index is 0.538. The van der Waals surface area contributed by atoms with E-state index in [2.05, 4.69) is 174 Å². The molecule has 0 aliphatic carbocycles. The molecular weight excluding hydrogens is 775 g/mol.